The van der Waals surface area contributed by atoms with Crippen molar-refractivity contribution in [3.63, 3.8) is 0 Å². The molecule has 1 heterocycles. The summed E-state index contributed by atoms with van der Waals surface area (Å²) >= 11 is 0. The second-order valence-corrected chi connectivity index (χ2v) is 6.62. The fourth-order valence-electron chi connectivity index (χ4n) is 4.14. The van der Waals surface area contributed by atoms with Gasteiger partial charge in [-0.1, -0.05) is 43.2 Å². The molecule has 22 heavy (non-hydrogen) atoms. The largest absolute Gasteiger partial charge is 0.342 e. The van der Waals surface area contributed by atoms with Crippen LogP contribution in [0.2, 0.25) is 0 Å². The fourth-order valence-corrected chi connectivity index (χ4v) is 4.14. The average Bonchev–Trinajstić information content (AvgIpc) is 3.18. The van der Waals surface area contributed by atoms with E-state index < -0.39 is 0 Å². The van der Waals surface area contributed by atoms with Crippen LogP contribution >= 0.6 is 12.4 Å². The van der Waals surface area contributed by atoms with Crippen molar-refractivity contribution in [2.24, 2.45) is 5.92 Å². The van der Waals surface area contributed by atoms with Gasteiger partial charge in [0, 0.05) is 13.1 Å². The van der Waals surface area contributed by atoms with Gasteiger partial charge in [0.15, 0.2) is 0 Å². The van der Waals surface area contributed by atoms with Gasteiger partial charge < -0.3 is 10.2 Å². The zero-order chi connectivity index (χ0) is 14.7. The molecule has 0 aromatic heterocycles. The van der Waals surface area contributed by atoms with Crippen molar-refractivity contribution in [3.8, 4) is 0 Å². The maximum absolute atomic E-state index is 13.2. The van der Waals surface area contributed by atoms with Gasteiger partial charge in [-0.15, -0.1) is 12.4 Å². The summed E-state index contributed by atoms with van der Waals surface area (Å²) in [4.78, 5) is 15.4. The molecule has 1 aliphatic carbocycles. The zero-order valence-electron chi connectivity index (χ0n) is 13.4. The minimum absolute atomic E-state index is 0. The number of carbonyl (C=O) groups is 1. The molecule has 3 rings (SSSR count). The van der Waals surface area contributed by atoms with Gasteiger partial charge in [-0.25, -0.2) is 0 Å². The molecule has 2 aliphatic rings. The number of nitrogens with one attached hydrogen (secondary N) is 1. The predicted octanol–water partition coefficient (Wildman–Crippen LogP) is 2.99. The minimum Gasteiger partial charge on any atom is -0.342 e. The van der Waals surface area contributed by atoms with Gasteiger partial charge in [0.2, 0.25) is 5.91 Å². The number of hydrogen-bond donors (Lipinski definition) is 1. The van der Waals surface area contributed by atoms with E-state index in [-0.39, 0.29) is 17.8 Å². The molecule has 3 nitrogen and oxygen atoms in total. The smallest absolute Gasteiger partial charge is 0.233 e. The first-order valence-electron chi connectivity index (χ1n) is 8.26. The number of amides is 1. The lowest BCUT2D eigenvalue weighted by molar-refractivity contribution is -0.136. The van der Waals surface area contributed by atoms with Crippen molar-refractivity contribution < 1.29 is 4.79 Å². The fraction of sp³-hybridized carbons (Fsp3) is 0.611. The van der Waals surface area contributed by atoms with Gasteiger partial charge in [-0.05, 0) is 44.3 Å². The second kappa shape index (κ2) is 7.47. The number of likely N-dealkylation sites (tertiary alicyclic amines) is 1. The highest BCUT2D eigenvalue weighted by Gasteiger charge is 2.45. The Morgan fingerprint density at radius 2 is 1.95 bits per heavy atom. The Kier molecular flexibility index (Phi) is 5.87. The van der Waals surface area contributed by atoms with Crippen LogP contribution in [-0.4, -0.2) is 37.5 Å². The number of hydrogen-bond acceptors (Lipinski definition) is 2. The number of carbonyl (C=O) groups excluding carboxylic acids is 1. The van der Waals surface area contributed by atoms with E-state index in [9.17, 15) is 4.79 Å². The van der Waals surface area contributed by atoms with E-state index in [0.29, 0.717) is 11.8 Å². The molecule has 122 valence electrons. The molecular weight excluding hydrogens is 296 g/mol. The second-order valence-electron chi connectivity index (χ2n) is 6.62. The van der Waals surface area contributed by atoms with Crippen molar-refractivity contribution in [2.75, 3.05) is 26.7 Å². The van der Waals surface area contributed by atoms with Gasteiger partial charge in [0.25, 0.3) is 0 Å². The molecule has 0 spiro atoms. The third-order valence-electron chi connectivity index (χ3n) is 5.26. The van der Waals surface area contributed by atoms with Crippen LogP contribution in [0.1, 0.15) is 37.7 Å². The van der Waals surface area contributed by atoms with Crippen molar-refractivity contribution in [1.82, 2.24) is 10.2 Å². The summed E-state index contributed by atoms with van der Waals surface area (Å²) in [5, 5.41) is 3.24. The van der Waals surface area contributed by atoms with Gasteiger partial charge >= 0.3 is 0 Å². The van der Waals surface area contributed by atoms with Crippen LogP contribution in [-0.2, 0) is 10.2 Å². The molecule has 4 heteroatoms. The standard InChI is InChI=1S/C18H26N2O.ClH/c1-19-13-15-9-12-20(14-15)17(21)18(10-5-6-11-18)16-7-3-2-4-8-16;/h2-4,7-8,15,19H,5-6,9-14H2,1H3;1H. The number of benzene rings is 1. The number of rotatable bonds is 4. The van der Waals surface area contributed by atoms with Crippen LogP contribution in [0.4, 0.5) is 0 Å². The lowest BCUT2D eigenvalue weighted by Gasteiger charge is -2.33. The maximum Gasteiger partial charge on any atom is 0.233 e. The first-order chi connectivity index (χ1) is 10.3. The predicted molar refractivity (Wildman–Crippen MR) is 92.4 cm³/mol. The Bertz CT molecular complexity index is 485. The SMILES string of the molecule is CNCC1CCN(C(=O)C2(c3ccccc3)CCCC2)C1.Cl. The van der Waals surface area contributed by atoms with Crippen molar-refractivity contribution in [2.45, 2.75) is 37.5 Å². The summed E-state index contributed by atoms with van der Waals surface area (Å²) < 4.78 is 0. The first kappa shape index (κ1) is 17.3. The third kappa shape index (κ3) is 3.16. The van der Waals surface area contributed by atoms with Crippen molar-refractivity contribution in [3.05, 3.63) is 35.9 Å². The molecule has 1 saturated carbocycles. The highest BCUT2D eigenvalue weighted by atomic mass is 35.5. The highest BCUT2D eigenvalue weighted by Crippen LogP contribution is 2.43. The van der Waals surface area contributed by atoms with E-state index >= 15 is 0 Å². The van der Waals surface area contributed by atoms with E-state index in [1.807, 2.05) is 13.1 Å². The van der Waals surface area contributed by atoms with Gasteiger partial charge in [-0.2, -0.15) is 0 Å². The Hall–Kier alpha value is -1.06. The third-order valence-corrected chi connectivity index (χ3v) is 5.26. The van der Waals surface area contributed by atoms with E-state index in [0.717, 1.165) is 38.9 Å². The van der Waals surface area contributed by atoms with Gasteiger partial charge in [0.1, 0.15) is 0 Å². The highest BCUT2D eigenvalue weighted by molar-refractivity contribution is 5.89. The van der Waals surface area contributed by atoms with Crippen LogP contribution in [0.5, 0.6) is 0 Å². The van der Waals surface area contributed by atoms with Crippen LogP contribution < -0.4 is 5.32 Å². The molecule has 1 atom stereocenters. The summed E-state index contributed by atoms with van der Waals surface area (Å²) in [5.41, 5.74) is 0.986. The summed E-state index contributed by atoms with van der Waals surface area (Å²) in [7, 11) is 1.99. The molecule has 1 amide bonds. The Balaban J connectivity index is 0.00000176. The van der Waals surface area contributed by atoms with Crippen molar-refractivity contribution >= 4 is 18.3 Å². The lowest BCUT2D eigenvalue weighted by atomic mass is 9.77. The van der Waals surface area contributed by atoms with Crippen LogP contribution in [0, 0.1) is 5.92 Å². The molecule has 1 aliphatic heterocycles. The molecule has 1 saturated heterocycles. The minimum atomic E-state index is -0.240. The Morgan fingerprint density at radius 1 is 1.27 bits per heavy atom. The van der Waals surface area contributed by atoms with Crippen LogP contribution in [0.3, 0.4) is 0 Å². The molecule has 1 N–H and O–H groups in total. The van der Waals surface area contributed by atoms with E-state index in [2.05, 4.69) is 34.5 Å². The molecule has 1 unspecified atom stereocenters. The monoisotopic (exact) mass is 322 g/mol. The average molecular weight is 323 g/mol. The maximum atomic E-state index is 13.2. The summed E-state index contributed by atoms with van der Waals surface area (Å²) in [6.45, 7) is 2.87. The molecule has 1 aromatic rings. The van der Waals surface area contributed by atoms with Gasteiger partial charge in [0.05, 0.1) is 5.41 Å². The summed E-state index contributed by atoms with van der Waals surface area (Å²) in [6, 6.07) is 10.5. The normalized spacial score (nSPS) is 23.3. The van der Waals surface area contributed by atoms with Crippen molar-refractivity contribution in [1.29, 1.82) is 0 Å². The number of halogens is 1. The summed E-state index contributed by atoms with van der Waals surface area (Å²) in [5.74, 6) is 0.998. The molecular formula is C18H27ClN2O. The molecule has 2 fully saturated rings. The van der Waals surface area contributed by atoms with Crippen LogP contribution in [0.15, 0.2) is 30.3 Å². The summed E-state index contributed by atoms with van der Waals surface area (Å²) in [6.07, 6.45) is 5.52. The molecule has 0 bridgehead atoms. The first-order valence-corrected chi connectivity index (χ1v) is 8.26. The number of nitrogens with zero attached hydrogens (tertiary/aromatic N) is 1. The van der Waals surface area contributed by atoms with E-state index in [1.54, 1.807) is 0 Å². The van der Waals surface area contributed by atoms with Gasteiger partial charge in [-0.3, -0.25) is 4.79 Å². The Morgan fingerprint density at radius 3 is 2.59 bits per heavy atom. The molecule has 0 radical (unpaired) electrons. The van der Waals surface area contributed by atoms with E-state index in [4.69, 9.17) is 0 Å². The Labute approximate surface area is 139 Å². The molecule has 1 aromatic carbocycles. The van der Waals surface area contributed by atoms with E-state index in [1.165, 1.54) is 18.4 Å². The topological polar surface area (TPSA) is 32.3 Å². The van der Waals surface area contributed by atoms with Crippen LogP contribution in [0.25, 0.3) is 0 Å². The zero-order valence-corrected chi connectivity index (χ0v) is 14.2. The lowest BCUT2D eigenvalue weighted by Crippen LogP contribution is -2.44. The quantitative estimate of drug-likeness (QED) is 0.924.